The Balaban J connectivity index is 1.27. The summed E-state index contributed by atoms with van der Waals surface area (Å²) >= 11 is 7.41. The molecule has 240 valence electrons. The third-order valence-corrected chi connectivity index (χ3v) is 10.0. The molecule has 1 heterocycles. The standard InChI is InChI=1S/C36H31ClN2O6S2/c1-24-7-11-27(12-8-24)32-23-46-34(38-32)18-10-25-4-2-6-28(20-25)36(42)39-31-21-26(9-17-33(31)45-22-35(40)41)5-3-19-47(43,44)30-15-13-29(37)14-16-30/h2,4,6-18,20-21,23H,3,5,19,22H2,1H3,(H,39,42)(H,40,41)/b18-10+. The summed E-state index contributed by atoms with van der Waals surface area (Å²) in [6.45, 7) is 1.45. The number of carboxylic acid groups (broad SMARTS) is 1. The van der Waals surface area contributed by atoms with Crippen LogP contribution in [0.3, 0.4) is 0 Å². The number of hydrogen-bond acceptors (Lipinski definition) is 7. The van der Waals surface area contributed by atoms with E-state index in [2.05, 4.69) is 17.4 Å². The lowest BCUT2D eigenvalue weighted by molar-refractivity contribution is -0.139. The highest BCUT2D eigenvalue weighted by Crippen LogP contribution is 2.28. The lowest BCUT2D eigenvalue weighted by atomic mass is 10.1. The zero-order valence-electron chi connectivity index (χ0n) is 25.4. The van der Waals surface area contributed by atoms with Crippen molar-refractivity contribution >= 4 is 62.5 Å². The van der Waals surface area contributed by atoms with Crippen molar-refractivity contribution in [3.8, 4) is 17.0 Å². The van der Waals surface area contributed by atoms with Gasteiger partial charge in [-0.2, -0.15) is 0 Å². The molecule has 0 bridgehead atoms. The van der Waals surface area contributed by atoms with Gasteiger partial charge >= 0.3 is 5.97 Å². The first-order valence-corrected chi connectivity index (χ1v) is 17.5. The van der Waals surface area contributed by atoms with Crippen LogP contribution >= 0.6 is 22.9 Å². The van der Waals surface area contributed by atoms with Crippen LogP contribution in [0.15, 0.2) is 101 Å². The van der Waals surface area contributed by atoms with Crippen molar-refractivity contribution in [2.75, 3.05) is 17.7 Å². The number of sulfone groups is 1. The van der Waals surface area contributed by atoms with Gasteiger partial charge < -0.3 is 15.2 Å². The summed E-state index contributed by atoms with van der Waals surface area (Å²) < 4.78 is 30.9. The molecule has 0 unspecified atom stereocenters. The predicted molar refractivity (Wildman–Crippen MR) is 187 cm³/mol. The lowest BCUT2D eigenvalue weighted by Gasteiger charge is -2.14. The molecule has 47 heavy (non-hydrogen) atoms. The van der Waals surface area contributed by atoms with Gasteiger partial charge in [-0.25, -0.2) is 18.2 Å². The summed E-state index contributed by atoms with van der Waals surface area (Å²) in [5.41, 5.74) is 5.33. The van der Waals surface area contributed by atoms with Gasteiger partial charge in [0.25, 0.3) is 5.91 Å². The van der Waals surface area contributed by atoms with E-state index in [1.165, 1.54) is 41.2 Å². The highest BCUT2D eigenvalue weighted by Gasteiger charge is 2.16. The Morgan fingerprint density at radius 3 is 2.49 bits per heavy atom. The molecule has 11 heteroatoms. The number of carbonyl (C=O) groups is 2. The first-order valence-electron chi connectivity index (χ1n) is 14.6. The maximum atomic E-state index is 13.3. The van der Waals surface area contributed by atoms with Crippen LogP contribution in [0.25, 0.3) is 23.4 Å². The van der Waals surface area contributed by atoms with Gasteiger partial charge in [-0.05, 0) is 85.5 Å². The van der Waals surface area contributed by atoms with E-state index in [1.807, 2.05) is 42.7 Å². The van der Waals surface area contributed by atoms with E-state index < -0.39 is 28.3 Å². The Labute approximate surface area is 282 Å². The highest BCUT2D eigenvalue weighted by atomic mass is 35.5. The number of carbonyl (C=O) groups excluding carboxylic acids is 1. The van der Waals surface area contributed by atoms with Crippen LogP contribution in [0.1, 0.15) is 38.5 Å². The molecule has 1 amide bonds. The average molecular weight is 687 g/mol. The number of anilines is 1. The van der Waals surface area contributed by atoms with Gasteiger partial charge in [0.2, 0.25) is 0 Å². The van der Waals surface area contributed by atoms with Gasteiger partial charge in [-0.1, -0.05) is 65.7 Å². The third-order valence-electron chi connectivity index (χ3n) is 7.13. The van der Waals surface area contributed by atoms with Crippen molar-refractivity contribution in [1.29, 1.82) is 0 Å². The number of ether oxygens (including phenoxy) is 1. The van der Waals surface area contributed by atoms with Gasteiger partial charge in [-0.3, -0.25) is 4.79 Å². The number of halogens is 1. The summed E-state index contributed by atoms with van der Waals surface area (Å²) in [5, 5.41) is 15.2. The maximum absolute atomic E-state index is 13.3. The second-order valence-corrected chi connectivity index (χ2v) is 14.2. The van der Waals surface area contributed by atoms with Crippen LogP contribution < -0.4 is 10.1 Å². The van der Waals surface area contributed by atoms with E-state index in [-0.39, 0.29) is 22.1 Å². The highest BCUT2D eigenvalue weighted by molar-refractivity contribution is 7.91. The van der Waals surface area contributed by atoms with Gasteiger partial charge in [-0.15, -0.1) is 11.3 Å². The monoisotopic (exact) mass is 686 g/mol. The van der Waals surface area contributed by atoms with E-state index >= 15 is 0 Å². The van der Waals surface area contributed by atoms with Gasteiger partial charge in [0.05, 0.1) is 22.0 Å². The fourth-order valence-corrected chi connectivity index (χ4v) is 6.84. The first kappa shape index (κ1) is 33.6. The van der Waals surface area contributed by atoms with Crippen molar-refractivity contribution < 1.29 is 27.9 Å². The number of thiazole rings is 1. The Hall–Kier alpha value is -4.77. The van der Waals surface area contributed by atoms with Crippen LogP contribution in [0, 0.1) is 6.92 Å². The van der Waals surface area contributed by atoms with Crippen LogP contribution in [0.5, 0.6) is 5.75 Å². The smallest absolute Gasteiger partial charge is 0.341 e. The average Bonchev–Trinajstić information content (AvgIpc) is 3.53. The SMILES string of the molecule is Cc1ccc(-c2csc(/C=C/c3cccc(C(=O)Nc4cc(CCCS(=O)(=O)c5ccc(Cl)cc5)ccc4OCC(=O)O)c3)n2)cc1. The van der Waals surface area contributed by atoms with Gasteiger partial charge in [0.1, 0.15) is 10.8 Å². The number of carboxylic acids is 1. The molecular formula is C36H31ClN2O6S2. The van der Waals surface area contributed by atoms with Gasteiger partial charge in [0.15, 0.2) is 16.4 Å². The second kappa shape index (κ2) is 15.2. The molecule has 0 aliphatic heterocycles. The minimum Gasteiger partial charge on any atom is -0.480 e. The quantitative estimate of drug-likeness (QED) is 0.128. The Morgan fingerprint density at radius 1 is 0.979 bits per heavy atom. The van der Waals surface area contributed by atoms with Crippen LogP contribution in [-0.4, -0.2) is 42.7 Å². The second-order valence-electron chi connectivity index (χ2n) is 10.7. The van der Waals surface area contributed by atoms with E-state index in [0.29, 0.717) is 23.4 Å². The summed E-state index contributed by atoms with van der Waals surface area (Å²) in [7, 11) is -3.51. The zero-order chi connectivity index (χ0) is 33.4. The van der Waals surface area contributed by atoms with Gasteiger partial charge in [0, 0.05) is 21.5 Å². The Kier molecular flexibility index (Phi) is 10.9. The maximum Gasteiger partial charge on any atom is 0.341 e. The predicted octanol–water partition coefficient (Wildman–Crippen LogP) is 8.06. The lowest BCUT2D eigenvalue weighted by Crippen LogP contribution is -2.15. The fraction of sp³-hybridized carbons (Fsp3) is 0.139. The zero-order valence-corrected chi connectivity index (χ0v) is 27.7. The summed E-state index contributed by atoms with van der Waals surface area (Å²) in [6, 6.07) is 26.2. The van der Waals surface area contributed by atoms with Crippen LogP contribution in [0.4, 0.5) is 5.69 Å². The van der Waals surface area contributed by atoms with E-state index in [0.717, 1.165) is 27.4 Å². The molecule has 1 aromatic heterocycles. The molecule has 0 saturated carbocycles. The molecule has 0 radical (unpaired) electrons. The number of rotatable bonds is 13. The molecule has 8 nitrogen and oxygen atoms in total. The minimum absolute atomic E-state index is 0.0812. The van der Waals surface area contributed by atoms with E-state index in [9.17, 15) is 18.0 Å². The Bertz CT molecular complexity index is 2020. The molecule has 2 N–H and O–H groups in total. The first-order chi connectivity index (χ1) is 22.6. The molecule has 0 aliphatic rings. The molecule has 0 atom stereocenters. The van der Waals surface area contributed by atoms with Crippen molar-refractivity contribution in [3.63, 3.8) is 0 Å². The number of amides is 1. The van der Waals surface area contributed by atoms with Crippen LogP contribution in [-0.2, 0) is 21.1 Å². The summed E-state index contributed by atoms with van der Waals surface area (Å²) in [6.07, 6.45) is 4.51. The number of aliphatic carboxylic acids is 1. The van der Waals surface area contributed by atoms with Crippen molar-refractivity contribution in [2.45, 2.75) is 24.7 Å². The van der Waals surface area contributed by atoms with E-state index in [4.69, 9.17) is 26.4 Å². The summed E-state index contributed by atoms with van der Waals surface area (Å²) in [4.78, 5) is 29.4. The summed E-state index contributed by atoms with van der Waals surface area (Å²) in [5.74, 6) is -1.48. The van der Waals surface area contributed by atoms with Crippen LogP contribution in [0.2, 0.25) is 5.02 Å². The molecule has 0 fully saturated rings. The molecule has 0 saturated heterocycles. The van der Waals surface area contributed by atoms with Crippen molar-refractivity contribution in [1.82, 2.24) is 4.98 Å². The molecule has 5 rings (SSSR count). The molecular weight excluding hydrogens is 656 g/mol. The number of nitrogens with one attached hydrogen (secondary N) is 1. The molecule has 0 aliphatic carbocycles. The number of benzene rings is 4. The Morgan fingerprint density at radius 2 is 1.74 bits per heavy atom. The number of hydrogen-bond donors (Lipinski definition) is 2. The molecule has 4 aromatic carbocycles. The number of aromatic nitrogens is 1. The van der Waals surface area contributed by atoms with Crippen molar-refractivity contribution in [2.24, 2.45) is 0 Å². The normalized spacial score (nSPS) is 11.4. The molecule has 5 aromatic rings. The van der Waals surface area contributed by atoms with E-state index in [1.54, 1.807) is 36.4 Å². The largest absolute Gasteiger partial charge is 0.480 e. The number of nitrogens with zero attached hydrogens (tertiary/aromatic N) is 1. The third kappa shape index (κ3) is 9.38. The topological polar surface area (TPSA) is 123 Å². The minimum atomic E-state index is -3.51. The number of aryl methyl sites for hydroxylation is 2. The molecule has 0 spiro atoms. The van der Waals surface area contributed by atoms with Crippen molar-refractivity contribution in [3.05, 3.63) is 129 Å². The fourth-order valence-electron chi connectivity index (χ4n) is 4.69.